The Bertz CT molecular complexity index is 625. The zero-order valence-corrected chi connectivity index (χ0v) is 15.9. The first-order valence-corrected chi connectivity index (χ1v) is 9.41. The molecule has 25 heavy (non-hydrogen) atoms. The van der Waals surface area contributed by atoms with Crippen molar-refractivity contribution in [2.45, 2.75) is 53.1 Å². The molecule has 0 radical (unpaired) electrons. The second-order valence-electron chi connectivity index (χ2n) is 7.03. The summed E-state index contributed by atoms with van der Waals surface area (Å²) in [6.45, 7) is 10.4. The SMILES string of the molecule is Cc1cccnc1CNCCCCNCc1ncccc1CC(C)C. The van der Waals surface area contributed by atoms with Crippen LogP contribution in [0.25, 0.3) is 0 Å². The lowest BCUT2D eigenvalue weighted by Gasteiger charge is -2.11. The third-order valence-corrected chi connectivity index (χ3v) is 4.27. The Morgan fingerprint density at radius 2 is 1.48 bits per heavy atom. The lowest BCUT2D eigenvalue weighted by atomic mass is 10.0. The van der Waals surface area contributed by atoms with Crippen LogP contribution >= 0.6 is 0 Å². The number of aryl methyl sites for hydroxylation is 1. The molecule has 2 aromatic heterocycles. The summed E-state index contributed by atoms with van der Waals surface area (Å²) in [5.74, 6) is 0.664. The van der Waals surface area contributed by atoms with E-state index in [2.05, 4.69) is 53.5 Å². The smallest absolute Gasteiger partial charge is 0.0573 e. The number of aromatic nitrogens is 2. The van der Waals surface area contributed by atoms with Crippen LogP contribution in [0.2, 0.25) is 0 Å². The minimum Gasteiger partial charge on any atom is -0.311 e. The first kappa shape index (κ1) is 19.5. The number of rotatable bonds is 11. The fourth-order valence-corrected chi connectivity index (χ4v) is 2.87. The summed E-state index contributed by atoms with van der Waals surface area (Å²) in [6.07, 6.45) is 7.19. The largest absolute Gasteiger partial charge is 0.311 e. The molecule has 4 nitrogen and oxygen atoms in total. The molecule has 2 aromatic rings. The van der Waals surface area contributed by atoms with Crippen LogP contribution in [0, 0.1) is 12.8 Å². The molecule has 0 aromatic carbocycles. The molecule has 0 unspecified atom stereocenters. The van der Waals surface area contributed by atoms with E-state index in [1.807, 2.05) is 24.5 Å². The molecule has 0 spiro atoms. The van der Waals surface area contributed by atoms with Gasteiger partial charge in [-0.15, -0.1) is 0 Å². The van der Waals surface area contributed by atoms with Gasteiger partial charge in [-0.05, 0) is 68.5 Å². The van der Waals surface area contributed by atoms with Crippen molar-refractivity contribution in [3.8, 4) is 0 Å². The van der Waals surface area contributed by atoms with Crippen molar-refractivity contribution < 1.29 is 0 Å². The van der Waals surface area contributed by atoms with Gasteiger partial charge < -0.3 is 10.6 Å². The van der Waals surface area contributed by atoms with Crippen molar-refractivity contribution in [1.29, 1.82) is 0 Å². The van der Waals surface area contributed by atoms with Gasteiger partial charge in [0.25, 0.3) is 0 Å². The standard InChI is InChI=1S/C21H32N4/c1-17(2)14-19-9-7-13-25-21(19)16-23-11-5-4-10-22-15-20-18(3)8-6-12-24-20/h6-9,12-13,17,22-23H,4-5,10-11,14-16H2,1-3H3. The van der Waals surface area contributed by atoms with Gasteiger partial charge in [-0.2, -0.15) is 0 Å². The zero-order valence-electron chi connectivity index (χ0n) is 15.9. The van der Waals surface area contributed by atoms with Crippen LogP contribution in [0.1, 0.15) is 49.2 Å². The Labute approximate surface area is 152 Å². The number of unbranched alkanes of at least 4 members (excludes halogenated alkanes) is 1. The summed E-state index contributed by atoms with van der Waals surface area (Å²) in [6, 6.07) is 8.33. The first-order valence-electron chi connectivity index (χ1n) is 9.41. The minimum atomic E-state index is 0.664. The highest BCUT2D eigenvalue weighted by molar-refractivity contribution is 5.20. The number of pyridine rings is 2. The van der Waals surface area contributed by atoms with E-state index in [0.717, 1.165) is 38.3 Å². The Kier molecular flexibility index (Phi) is 8.56. The molecular formula is C21H32N4. The first-order chi connectivity index (χ1) is 12.2. The number of hydrogen-bond acceptors (Lipinski definition) is 4. The van der Waals surface area contributed by atoms with E-state index in [1.165, 1.54) is 29.7 Å². The molecule has 0 atom stereocenters. The topological polar surface area (TPSA) is 49.8 Å². The van der Waals surface area contributed by atoms with Crippen LogP contribution in [-0.4, -0.2) is 23.1 Å². The maximum atomic E-state index is 4.54. The Morgan fingerprint density at radius 1 is 0.880 bits per heavy atom. The molecule has 0 saturated heterocycles. The highest BCUT2D eigenvalue weighted by atomic mass is 14.9. The van der Waals surface area contributed by atoms with Gasteiger partial charge in [0.05, 0.1) is 11.4 Å². The quantitative estimate of drug-likeness (QED) is 0.613. The van der Waals surface area contributed by atoms with Gasteiger partial charge in [0.1, 0.15) is 0 Å². The van der Waals surface area contributed by atoms with Crippen LogP contribution in [0.5, 0.6) is 0 Å². The van der Waals surface area contributed by atoms with Crippen molar-refractivity contribution in [1.82, 2.24) is 20.6 Å². The normalized spacial score (nSPS) is 11.2. The summed E-state index contributed by atoms with van der Waals surface area (Å²) in [5.41, 5.74) is 4.97. The average Bonchev–Trinajstić information content (AvgIpc) is 2.59. The molecule has 2 rings (SSSR count). The van der Waals surface area contributed by atoms with Crippen LogP contribution in [0.15, 0.2) is 36.7 Å². The highest BCUT2D eigenvalue weighted by Gasteiger charge is 2.05. The van der Waals surface area contributed by atoms with Gasteiger partial charge in [-0.3, -0.25) is 9.97 Å². The molecule has 0 fully saturated rings. The number of nitrogens with one attached hydrogen (secondary N) is 2. The fraction of sp³-hybridized carbons (Fsp3) is 0.524. The molecule has 0 bridgehead atoms. The van der Waals surface area contributed by atoms with E-state index in [4.69, 9.17) is 0 Å². The predicted molar refractivity (Wildman–Crippen MR) is 104 cm³/mol. The predicted octanol–water partition coefficient (Wildman–Crippen LogP) is 3.64. The second-order valence-corrected chi connectivity index (χ2v) is 7.03. The third-order valence-electron chi connectivity index (χ3n) is 4.27. The van der Waals surface area contributed by atoms with E-state index in [-0.39, 0.29) is 0 Å². The van der Waals surface area contributed by atoms with Crippen LogP contribution in [0.4, 0.5) is 0 Å². The zero-order chi connectivity index (χ0) is 17.9. The van der Waals surface area contributed by atoms with Gasteiger partial charge in [-0.25, -0.2) is 0 Å². The van der Waals surface area contributed by atoms with Gasteiger partial charge in [0, 0.05) is 25.5 Å². The molecular weight excluding hydrogens is 308 g/mol. The second kappa shape index (κ2) is 11.0. The van der Waals surface area contributed by atoms with E-state index in [9.17, 15) is 0 Å². The average molecular weight is 341 g/mol. The summed E-state index contributed by atoms with van der Waals surface area (Å²) < 4.78 is 0. The Morgan fingerprint density at radius 3 is 2.12 bits per heavy atom. The van der Waals surface area contributed by atoms with Crippen molar-refractivity contribution in [2.75, 3.05) is 13.1 Å². The molecule has 0 aliphatic rings. The lowest BCUT2D eigenvalue weighted by molar-refractivity contribution is 0.571. The molecule has 0 saturated carbocycles. The minimum absolute atomic E-state index is 0.664. The van der Waals surface area contributed by atoms with Crippen LogP contribution in [-0.2, 0) is 19.5 Å². The van der Waals surface area contributed by atoms with Crippen molar-refractivity contribution >= 4 is 0 Å². The molecule has 0 aliphatic carbocycles. The van der Waals surface area contributed by atoms with Crippen molar-refractivity contribution in [3.63, 3.8) is 0 Å². The van der Waals surface area contributed by atoms with Crippen molar-refractivity contribution in [3.05, 3.63) is 59.2 Å². The van der Waals surface area contributed by atoms with E-state index in [1.54, 1.807) is 0 Å². The third kappa shape index (κ3) is 7.32. The molecule has 0 amide bonds. The maximum Gasteiger partial charge on any atom is 0.0573 e. The number of nitrogens with zero attached hydrogens (tertiary/aromatic N) is 2. The Hall–Kier alpha value is -1.78. The molecule has 0 aliphatic heterocycles. The maximum absolute atomic E-state index is 4.54. The molecule has 4 heteroatoms. The lowest BCUT2D eigenvalue weighted by Crippen LogP contribution is -2.20. The summed E-state index contributed by atoms with van der Waals surface area (Å²) in [7, 11) is 0. The fourth-order valence-electron chi connectivity index (χ4n) is 2.87. The van der Waals surface area contributed by atoms with Gasteiger partial charge in [0.15, 0.2) is 0 Å². The molecule has 2 heterocycles. The molecule has 2 N–H and O–H groups in total. The highest BCUT2D eigenvalue weighted by Crippen LogP contribution is 2.11. The summed E-state index contributed by atoms with van der Waals surface area (Å²) in [5, 5.41) is 7.01. The van der Waals surface area contributed by atoms with E-state index in [0.29, 0.717) is 5.92 Å². The summed E-state index contributed by atoms with van der Waals surface area (Å²) >= 11 is 0. The summed E-state index contributed by atoms with van der Waals surface area (Å²) in [4.78, 5) is 8.94. The molecule has 136 valence electrons. The Balaban J connectivity index is 1.57. The van der Waals surface area contributed by atoms with E-state index < -0.39 is 0 Å². The van der Waals surface area contributed by atoms with Gasteiger partial charge in [-0.1, -0.05) is 26.0 Å². The van der Waals surface area contributed by atoms with Crippen LogP contribution in [0.3, 0.4) is 0 Å². The monoisotopic (exact) mass is 340 g/mol. The van der Waals surface area contributed by atoms with Crippen molar-refractivity contribution in [2.24, 2.45) is 5.92 Å². The van der Waals surface area contributed by atoms with E-state index >= 15 is 0 Å². The van der Waals surface area contributed by atoms with Gasteiger partial charge in [0.2, 0.25) is 0 Å². The van der Waals surface area contributed by atoms with Gasteiger partial charge >= 0.3 is 0 Å². The number of hydrogen-bond donors (Lipinski definition) is 2. The van der Waals surface area contributed by atoms with Crippen LogP contribution < -0.4 is 10.6 Å².